The van der Waals surface area contributed by atoms with Crippen molar-refractivity contribution in [2.45, 2.75) is 13.8 Å². The number of H-pyrrole nitrogens is 1. The maximum absolute atomic E-state index is 11.2. The van der Waals surface area contributed by atoms with Gasteiger partial charge in [0.1, 0.15) is 0 Å². The molecule has 2 aromatic rings. The van der Waals surface area contributed by atoms with E-state index < -0.39 is 0 Å². The summed E-state index contributed by atoms with van der Waals surface area (Å²) in [6.07, 6.45) is 0. The summed E-state index contributed by atoms with van der Waals surface area (Å²) in [6, 6.07) is 7.13. The van der Waals surface area contributed by atoms with E-state index in [0.717, 1.165) is 16.9 Å². The Balaban J connectivity index is 2.64. The molecule has 1 aromatic heterocycles. The Morgan fingerprint density at radius 1 is 1.27 bits per heavy atom. The second kappa shape index (κ2) is 3.59. The van der Waals surface area contributed by atoms with Gasteiger partial charge < -0.3 is 0 Å². The molecule has 0 radical (unpaired) electrons. The fourth-order valence-electron chi connectivity index (χ4n) is 1.60. The Hall–Kier alpha value is -1.48. The lowest BCUT2D eigenvalue weighted by Crippen LogP contribution is -2.05. The molecule has 0 unspecified atom stereocenters. The molecule has 0 fully saturated rings. The van der Waals surface area contributed by atoms with Crippen molar-refractivity contribution in [1.82, 2.24) is 9.78 Å². The summed E-state index contributed by atoms with van der Waals surface area (Å²) in [5.74, 6) is 0. The normalized spacial score (nSPS) is 10.6. The van der Waals surface area contributed by atoms with Crippen LogP contribution in [0.25, 0.3) is 5.69 Å². The van der Waals surface area contributed by atoms with Crippen molar-refractivity contribution in [3.63, 3.8) is 0 Å². The van der Waals surface area contributed by atoms with Crippen molar-refractivity contribution < 1.29 is 0 Å². The van der Waals surface area contributed by atoms with Crippen molar-refractivity contribution >= 4 is 11.6 Å². The van der Waals surface area contributed by atoms with E-state index in [1.165, 1.54) is 0 Å². The summed E-state index contributed by atoms with van der Waals surface area (Å²) < 4.78 is 1.76. The minimum atomic E-state index is -0.0955. The topological polar surface area (TPSA) is 37.8 Å². The second-order valence-corrected chi connectivity index (χ2v) is 3.96. The van der Waals surface area contributed by atoms with Gasteiger partial charge in [-0.1, -0.05) is 11.6 Å². The van der Waals surface area contributed by atoms with Gasteiger partial charge in [-0.05, 0) is 37.6 Å². The molecule has 78 valence electrons. The summed E-state index contributed by atoms with van der Waals surface area (Å²) in [5.41, 5.74) is 2.75. The Labute approximate surface area is 92.3 Å². The van der Waals surface area contributed by atoms with E-state index >= 15 is 0 Å². The first-order valence-corrected chi connectivity index (χ1v) is 5.01. The maximum Gasteiger partial charge on any atom is 0.264 e. The molecular weight excluding hydrogens is 212 g/mol. The first-order chi connectivity index (χ1) is 7.08. The summed E-state index contributed by atoms with van der Waals surface area (Å²) in [4.78, 5) is 11.2. The number of hydrogen-bond donors (Lipinski definition) is 1. The van der Waals surface area contributed by atoms with Crippen molar-refractivity contribution in [3.8, 4) is 5.69 Å². The fraction of sp³-hybridized carbons (Fsp3) is 0.182. The number of aromatic amines is 1. The maximum atomic E-state index is 11.2. The highest BCUT2D eigenvalue weighted by Gasteiger charge is 2.05. The molecule has 15 heavy (non-hydrogen) atoms. The fourth-order valence-corrected chi connectivity index (χ4v) is 1.83. The van der Waals surface area contributed by atoms with E-state index in [0.29, 0.717) is 5.02 Å². The van der Waals surface area contributed by atoms with Gasteiger partial charge in [-0.3, -0.25) is 14.6 Å². The van der Waals surface area contributed by atoms with Gasteiger partial charge in [0.05, 0.1) is 5.69 Å². The minimum Gasteiger partial charge on any atom is -0.268 e. The van der Waals surface area contributed by atoms with Gasteiger partial charge >= 0.3 is 0 Å². The SMILES string of the molecule is Cc1cc(Cl)ccc1-n1[nH]c(=O)cc1C. The first-order valence-electron chi connectivity index (χ1n) is 4.63. The Morgan fingerprint density at radius 2 is 2.00 bits per heavy atom. The summed E-state index contributed by atoms with van der Waals surface area (Å²) >= 11 is 5.87. The monoisotopic (exact) mass is 222 g/mol. The van der Waals surface area contributed by atoms with Crippen molar-refractivity contribution in [2.75, 3.05) is 0 Å². The number of aryl methyl sites for hydroxylation is 2. The number of halogens is 1. The molecule has 0 aliphatic heterocycles. The molecule has 0 amide bonds. The highest BCUT2D eigenvalue weighted by molar-refractivity contribution is 6.30. The van der Waals surface area contributed by atoms with E-state index in [1.54, 1.807) is 10.7 Å². The zero-order chi connectivity index (χ0) is 11.0. The van der Waals surface area contributed by atoms with Crippen LogP contribution in [0, 0.1) is 13.8 Å². The molecule has 0 aliphatic carbocycles. The van der Waals surface area contributed by atoms with Crippen LogP contribution in [0.15, 0.2) is 29.1 Å². The molecule has 0 saturated carbocycles. The molecule has 1 aromatic carbocycles. The van der Waals surface area contributed by atoms with Crippen LogP contribution in [-0.4, -0.2) is 9.78 Å². The Bertz CT molecular complexity index is 554. The third-order valence-electron chi connectivity index (χ3n) is 2.31. The Morgan fingerprint density at radius 3 is 2.53 bits per heavy atom. The van der Waals surface area contributed by atoms with Crippen LogP contribution in [-0.2, 0) is 0 Å². The Kier molecular flexibility index (Phi) is 2.40. The summed E-state index contributed by atoms with van der Waals surface area (Å²) in [5, 5.41) is 3.44. The average Bonchev–Trinajstić information content (AvgIpc) is 2.45. The zero-order valence-corrected chi connectivity index (χ0v) is 9.30. The van der Waals surface area contributed by atoms with Crippen LogP contribution in [0.4, 0.5) is 0 Å². The molecule has 2 rings (SSSR count). The van der Waals surface area contributed by atoms with Crippen LogP contribution in [0.1, 0.15) is 11.3 Å². The van der Waals surface area contributed by atoms with Crippen molar-refractivity contribution in [3.05, 3.63) is 50.9 Å². The number of rotatable bonds is 1. The van der Waals surface area contributed by atoms with Crippen molar-refractivity contribution in [1.29, 1.82) is 0 Å². The van der Waals surface area contributed by atoms with E-state index in [-0.39, 0.29) is 5.56 Å². The standard InChI is InChI=1S/C11H11ClN2O/c1-7-5-9(12)3-4-10(7)14-8(2)6-11(15)13-14/h3-6H,1-2H3,(H,13,15). The van der Waals surface area contributed by atoms with E-state index in [2.05, 4.69) is 5.10 Å². The largest absolute Gasteiger partial charge is 0.268 e. The number of nitrogens with zero attached hydrogens (tertiary/aromatic N) is 1. The molecule has 1 N–H and O–H groups in total. The molecule has 0 atom stereocenters. The third-order valence-corrected chi connectivity index (χ3v) is 2.55. The molecule has 3 nitrogen and oxygen atoms in total. The molecule has 0 spiro atoms. The molecule has 0 aliphatic rings. The van der Waals surface area contributed by atoms with Gasteiger partial charge in [0.15, 0.2) is 0 Å². The molecule has 0 bridgehead atoms. The van der Waals surface area contributed by atoms with Crippen LogP contribution in [0.5, 0.6) is 0 Å². The van der Waals surface area contributed by atoms with Gasteiger partial charge in [0, 0.05) is 16.8 Å². The second-order valence-electron chi connectivity index (χ2n) is 3.53. The van der Waals surface area contributed by atoms with Crippen LogP contribution >= 0.6 is 11.6 Å². The van der Waals surface area contributed by atoms with E-state index in [9.17, 15) is 4.79 Å². The summed E-state index contributed by atoms with van der Waals surface area (Å²) in [7, 11) is 0. The highest BCUT2D eigenvalue weighted by atomic mass is 35.5. The number of benzene rings is 1. The van der Waals surface area contributed by atoms with Gasteiger partial charge in [-0.15, -0.1) is 0 Å². The number of aromatic nitrogens is 2. The zero-order valence-electron chi connectivity index (χ0n) is 8.54. The average molecular weight is 223 g/mol. The highest BCUT2D eigenvalue weighted by Crippen LogP contribution is 2.18. The third kappa shape index (κ3) is 1.83. The van der Waals surface area contributed by atoms with Gasteiger partial charge in [0.2, 0.25) is 0 Å². The van der Waals surface area contributed by atoms with Crippen LogP contribution < -0.4 is 5.56 Å². The first kappa shape index (κ1) is 10.1. The lowest BCUT2D eigenvalue weighted by molar-refractivity contribution is 0.828. The van der Waals surface area contributed by atoms with Crippen molar-refractivity contribution in [2.24, 2.45) is 0 Å². The van der Waals surface area contributed by atoms with Gasteiger partial charge in [0.25, 0.3) is 5.56 Å². The number of hydrogen-bond acceptors (Lipinski definition) is 1. The molecular formula is C11H11ClN2O. The minimum absolute atomic E-state index is 0.0955. The lowest BCUT2D eigenvalue weighted by atomic mass is 10.2. The summed E-state index contributed by atoms with van der Waals surface area (Å²) in [6.45, 7) is 3.84. The lowest BCUT2D eigenvalue weighted by Gasteiger charge is -2.08. The van der Waals surface area contributed by atoms with E-state index in [4.69, 9.17) is 11.6 Å². The molecule has 1 heterocycles. The molecule has 0 saturated heterocycles. The molecule has 4 heteroatoms. The quantitative estimate of drug-likeness (QED) is 0.791. The van der Waals surface area contributed by atoms with Gasteiger partial charge in [-0.25, -0.2) is 0 Å². The predicted molar refractivity (Wildman–Crippen MR) is 60.9 cm³/mol. The van der Waals surface area contributed by atoms with Crippen LogP contribution in [0.3, 0.4) is 0 Å². The smallest absolute Gasteiger partial charge is 0.264 e. The predicted octanol–water partition coefficient (Wildman–Crippen LogP) is 2.44. The van der Waals surface area contributed by atoms with Gasteiger partial charge in [-0.2, -0.15) is 0 Å². The number of nitrogens with one attached hydrogen (secondary N) is 1. The van der Waals surface area contributed by atoms with E-state index in [1.807, 2.05) is 32.0 Å². The van der Waals surface area contributed by atoms with Crippen LogP contribution in [0.2, 0.25) is 5.02 Å².